The molecule has 0 bridgehead atoms. The molecule has 6 N–H and O–H groups in total. The number of rotatable bonds is 0. The predicted molar refractivity (Wildman–Crippen MR) is 54.2 cm³/mol. The summed E-state index contributed by atoms with van der Waals surface area (Å²) in [6.07, 6.45) is 1.74. The first-order valence-electron chi connectivity index (χ1n) is 4.91. The van der Waals surface area contributed by atoms with Gasteiger partial charge in [-0.1, -0.05) is 0 Å². The Morgan fingerprint density at radius 2 is 1.53 bits per heavy atom. The van der Waals surface area contributed by atoms with Crippen LogP contribution in [0.15, 0.2) is 12.1 Å². The maximum absolute atomic E-state index is 5.87. The molecule has 0 spiro atoms. The van der Waals surface area contributed by atoms with Crippen LogP contribution in [0.25, 0.3) is 0 Å². The number of fused-ring (bicyclic) bond motifs is 2. The molecule has 0 atom stereocenters. The molecule has 0 saturated heterocycles. The van der Waals surface area contributed by atoms with Crippen LogP contribution in [-0.2, 0) is 12.8 Å². The predicted octanol–water partition coefficient (Wildman–Crippen LogP) is -0.588. The first-order chi connectivity index (χ1) is 7.03. The number of ether oxygens (including phenoxy) is 2. The normalized spacial score (nSPS) is 21.8. The van der Waals surface area contributed by atoms with Crippen molar-refractivity contribution >= 4 is 0 Å². The van der Waals surface area contributed by atoms with Gasteiger partial charge in [-0.2, -0.15) is 0 Å². The van der Waals surface area contributed by atoms with Gasteiger partial charge in [0, 0.05) is 6.04 Å². The third-order valence-corrected chi connectivity index (χ3v) is 2.77. The fourth-order valence-corrected chi connectivity index (χ4v) is 2.19. The molecule has 3 rings (SSSR count). The van der Waals surface area contributed by atoms with Gasteiger partial charge < -0.3 is 15.2 Å². The highest BCUT2D eigenvalue weighted by Crippen LogP contribution is 2.40. The second kappa shape index (κ2) is 2.63. The SMILES string of the molecule is NC1Cc2cc3c(cc2C1)OC(N)(N)O3. The van der Waals surface area contributed by atoms with Gasteiger partial charge >= 0.3 is 6.03 Å². The van der Waals surface area contributed by atoms with E-state index in [-0.39, 0.29) is 6.04 Å². The topological polar surface area (TPSA) is 96.5 Å². The van der Waals surface area contributed by atoms with Crippen LogP contribution in [0, 0.1) is 0 Å². The largest absolute Gasteiger partial charge is 0.423 e. The van der Waals surface area contributed by atoms with Crippen molar-refractivity contribution in [3.8, 4) is 11.5 Å². The highest BCUT2D eigenvalue weighted by molar-refractivity contribution is 5.51. The second-order valence-corrected chi connectivity index (χ2v) is 4.16. The molecule has 80 valence electrons. The number of hydrogen-bond donors (Lipinski definition) is 3. The molecule has 5 nitrogen and oxygen atoms in total. The zero-order chi connectivity index (χ0) is 10.6. The molecule has 1 aliphatic carbocycles. The van der Waals surface area contributed by atoms with E-state index >= 15 is 0 Å². The summed E-state index contributed by atoms with van der Waals surface area (Å²) >= 11 is 0. The van der Waals surface area contributed by atoms with Gasteiger partial charge in [0.1, 0.15) is 0 Å². The van der Waals surface area contributed by atoms with E-state index in [1.807, 2.05) is 12.1 Å². The number of hydrogen-bond acceptors (Lipinski definition) is 5. The molecule has 0 fully saturated rings. The van der Waals surface area contributed by atoms with Gasteiger partial charge in [0.2, 0.25) is 0 Å². The van der Waals surface area contributed by atoms with Crippen LogP contribution in [0.1, 0.15) is 11.1 Å². The lowest BCUT2D eigenvalue weighted by Gasteiger charge is -2.14. The van der Waals surface area contributed by atoms with Gasteiger partial charge in [0.25, 0.3) is 0 Å². The van der Waals surface area contributed by atoms with E-state index in [2.05, 4.69) is 0 Å². The summed E-state index contributed by atoms with van der Waals surface area (Å²) < 4.78 is 10.5. The van der Waals surface area contributed by atoms with Crippen LogP contribution >= 0.6 is 0 Å². The average molecular weight is 207 g/mol. The number of nitrogens with two attached hydrogens (primary N) is 3. The summed E-state index contributed by atoms with van der Waals surface area (Å²) in [4.78, 5) is 0. The van der Waals surface area contributed by atoms with Crippen molar-refractivity contribution in [2.24, 2.45) is 17.2 Å². The first-order valence-corrected chi connectivity index (χ1v) is 4.91. The smallest absolute Gasteiger partial charge is 0.376 e. The maximum Gasteiger partial charge on any atom is 0.376 e. The summed E-state index contributed by atoms with van der Waals surface area (Å²) in [5.41, 5.74) is 19.3. The van der Waals surface area contributed by atoms with E-state index in [4.69, 9.17) is 26.7 Å². The minimum absolute atomic E-state index is 0.197. The molecule has 15 heavy (non-hydrogen) atoms. The quantitative estimate of drug-likeness (QED) is 0.494. The van der Waals surface area contributed by atoms with E-state index in [0.29, 0.717) is 11.5 Å². The molecule has 0 unspecified atom stereocenters. The fraction of sp³-hybridized carbons (Fsp3) is 0.400. The minimum Gasteiger partial charge on any atom is -0.423 e. The molecule has 1 aliphatic heterocycles. The summed E-state index contributed by atoms with van der Waals surface area (Å²) in [6, 6.07) is 2.50. The van der Waals surface area contributed by atoms with Gasteiger partial charge in [-0.05, 0) is 36.1 Å². The van der Waals surface area contributed by atoms with Crippen LogP contribution in [0.5, 0.6) is 11.5 Å². The minimum atomic E-state index is -1.53. The van der Waals surface area contributed by atoms with Crippen molar-refractivity contribution in [3.05, 3.63) is 23.3 Å². The Bertz CT molecular complexity index is 394. The Balaban J connectivity index is 2.03. The van der Waals surface area contributed by atoms with Crippen LogP contribution in [0.4, 0.5) is 0 Å². The molecule has 0 amide bonds. The Morgan fingerprint density at radius 1 is 1.07 bits per heavy atom. The lowest BCUT2D eigenvalue weighted by molar-refractivity contribution is -0.0672. The lowest BCUT2D eigenvalue weighted by Crippen LogP contribution is -2.56. The van der Waals surface area contributed by atoms with Crippen LogP contribution < -0.4 is 26.7 Å². The van der Waals surface area contributed by atoms with Crippen molar-refractivity contribution < 1.29 is 9.47 Å². The molecule has 0 aromatic heterocycles. The van der Waals surface area contributed by atoms with Gasteiger partial charge in [-0.15, -0.1) is 0 Å². The zero-order valence-corrected chi connectivity index (χ0v) is 8.19. The fourth-order valence-electron chi connectivity index (χ4n) is 2.19. The standard InChI is InChI=1S/C10H13N3O2/c11-7-1-5-3-8-9(4-6(5)2-7)15-10(12,13)14-8/h3-4,7H,1-2,11-13H2. The lowest BCUT2D eigenvalue weighted by atomic mass is 10.1. The first kappa shape index (κ1) is 8.96. The van der Waals surface area contributed by atoms with Gasteiger partial charge in [-0.25, -0.2) is 11.5 Å². The van der Waals surface area contributed by atoms with E-state index in [1.54, 1.807) is 0 Å². The molecule has 0 saturated carbocycles. The Labute approximate surface area is 87.1 Å². The summed E-state index contributed by atoms with van der Waals surface area (Å²) in [7, 11) is 0. The Kier molecular flexibility index (Phi) is 1.57. The second-order valence-electron chi connectivity index (χ2n) is 4.16. The number of benzene rings is 1. The molecule has 1 aromatic carbocycles. The molecule has 5 heteroatoms. The summed E-state index contributed by atoms with van der Waals surface area (Å²) in [5.74, 6) is 1.21. The van der Waals surface area contributed by atoms with E-state index in [9.17, 15) is 0 Å². The van der Waals surface area contributed by atoms with Crippen molar-refractivity contribution in [1.82, 2.24) is 0 Å². The third kappa shape index (κ3) is 1.36. The van der Waals surface area contributed by atoms with Crippen molar-refractivity contribution in [2.45, 2.75) is 24.9 Å². The zero-order valence-electron chi connectivity index (χ0n) is 8.19. The highest BCUT2D eigenvalue weighted by atomic mass is 16.8. The summed E-state index contributed by atoms with van der Waals surface area (Å²) in [6.45, 7) is 0. The molecular formula is C10H13N3O2. The molecule has 0 radical (unpaired) electrons. The molecule has 2 aliphatic rings. The van der Waals surface area contributed by atoms with Crippen molar-refractivity contribution in [1.29, 1.82) is 0 Å². The van der Waals surface area contributed by atoms with Crippen LogP contribution in [0.3, 0.4) is 0 Å². The Morgan fingerprint density at radius 3 is 2.00 bits per heavy atom. The maximum atomic E-state index is 5.87. The van der Waals surface area contributed by atoms with E-state index < -0.39 is 6.03 Å². The molecule has 1 heterocycles. The molecular weight excluding hydrogens is 194 g/mol. The third-order valence-electron chi connectivity index (χ3n) is 2.77. The van der Waals surface area contributed by atoms with E-state index in [0.717, 1.165) is 12.8 Å². The molecule has 1 aromatic rings. The summed E-state index contributed by atoms with van der Waals surface area (Å²) in [5, 5.41) is 0. The van der Waals surface area contributed by atoms with Gasteiger partial charge in [-0.3, -0.25) is 0 Å². The van der Waals surface area contributed by atoms with Crippen molar-refractivity contribution in [3.63, 3.8) is 0 Å². The van der Waals surface area contributed by atoms with E-state index in [1.165, 1.54) is 11.1 Å². The monoisotopic (exact) mass is 207 g/mol. The van der Waals surface area contributed by atoms with Gasteiger partial charge in [0.05, 0.1) is 0 Å². The Hall–Kier alpha value is -1.30. The van der Waals surface area contributed by atoms with Crippen LogP contribution in [-0.4, -0.2) is 12.1 Å². The van der Waals surface area contributed by atoms with Crippen LogP contribution in [0.2, 0.25) is 0 Å². The average Bonchev–Trinajstić information content (AvgIpc) is 2.55. The highest BCUT2D eigenvalue weighted by Gasteiger charge is 2.35. The van der Waals surface area contributed by atoms with Crippen molar-refractivity contribution in [2.75, 3.05) is 0 Å². The van der Waals surface area contributed by atoms with Gasteiger partial charge in [0.15, 0.2) is 11.5 Å².